The summed E-state index contributed by atoms with van der Waals surface area (Å²) in [7, 11) is 1.48. The normalized spacial score (nSPS) is 18.0. The molecule has 106 valence electrons. The average Bonchev–Trinajstić information content (AvgIpc) is 2.76. The summed E-state index contributed by atoms with van der Waals surface area (Å²) < 4.78 is 5.34. The van der Waals surface area contributed by atoms with E-state index in [0.717, 1.165) is 16.7 Å². The zero-order chi connectivity index (χ0) is 14.7. The van der Waals surface area contributed by atoms with Crippen LogP contribution in [-0.4, -0.2) is 23.2 Å². The first-order valence-corrected chi connectivity index (χ1v) is 6.67. The zero-order valence-corrected chi connectivity index (χ0v) is 11.3. The minimum Gasteiger partial charge on any atom is -0.508 e. The zero-order valence-electron chi connectivity index (χ0n) is 11.3. The average molecular weight is 283 g/mol. The third-order valence-corrected chi connectivity index (χ3v) is 4.19. The number of phenolic OH excluding ortho intramolecular Hbond substituents is 2. The molecule has 2 aromatic carbocycles. The quantitative estimate of drug-likeness (QED) is 0.749. The molecule has 3 N–H and O–H groups in total. The Morgan fingerprint density at radius 1 is 1.24 bits per heavy atom. The molecule has 0 bridgehead atoms. The first-order chi connectivity index (χ1) is 10.1. The third kappa shape index (κ3) is 1.48. The summed E-state index contributed by atoms with van der Waals surface area (Å²) >= 11 is 0. The molecule has 0 radical (unpaired) electrons. The second kappa shape index (κ2) is 3.91. The Kier molecular flexibility index (Phi) is 2.25. The molecule has 21 heavy (non-hydrogen) atoms. The number of aromatic hydroxyl groups is 2. The first-order valence-electron chi connectivity index (χ1n) is 6.67. The van der Waals surface area contributed by atoms with Crippen LogP contribution in [0, 0.1) is 0 Å². The molecule has 0 saturated heterocycles. The van der Waals surface area contributed by atoms with Crippen LogP contribution in [0.3, 0.4) is 0 Å². The molecule has 4 rings (SSSR count). The lowest BCUT2D eigenvalue weighted by atomic mass is 9.81. The van der Waals surface area contributed by atoms with Gasteiger partial charge < -0.3 is 20.3 Å². The lowest BCUT2D eigenvalue weighted by Crippen LogP contribution is -2.22. The lowest BCUT2D eigenvalue weighted by Gasteiger charge is -2.26. The Bertz CT molecular complexity index is 797. The molecule has 1 atom stereocenters. The van der Waals surface area contributed by atoms with Gasteiger partial charge in [0.15, 0.2) is 11.5 Å². The predicted octanol–water partition coefficient (Wildman–Crippen LogP) is 2.11. The van der Waals surface area contributed by atoms with Gasteiger partial charge in [-0.3, -0.25) is 4.79 Å². The third-order valence-electron chi connectivity index (χ3n) is 4.19. The smallest absolute Gasteiger partial charge is 0.252 e. The number of rotatable bonds is 1. The Morgan fingerprint density at radius 3 is 2.81 bits per heavy atom. The van der Waals surface area contributed by atoms with E-state index < -0.39 is 0 Å². The number of hydrogen-bond donors (Lipinski definition) is 3. The van der Waals surface area contributed by atoms with Crippen LogP contribution in [0.1, 0.15) is 27.5 Å². The molecule has 0 fully saturated rings. The van der Waals surface area contributed by atoms with Gasteiger partial charge in [0.05, 0.1) is 13.2 Å². The number of nitrogens with one attached hydrogen (secondary N) is 1. The van der Waals surface area contributed by atoms with E-state index in [4.69, 9.17) is 4.74 Å². The standard InChI is InChI=1S/C16H13NO4/c1-21-15-12(19)6-10-13-11(17-16(10)20)4-7-2-3-8(18)5-9(7)14(13)15/h2-3,5-6,11,18-19H,4H2,1H3,(H,17,20)/t11-/m0/s1. The van der Waals surface area contributed by atoms with Crippen LogP contribution in [0.4, 0.5) is 0 Å². The van der Waals surface area contributed by atoms with Crippen molar-refractivity contribution in [3.63, 3.8) is 0 Å². The second-order valence-corrected chi connectivity index (χ2v) is 5.34. The molecule has 5 heteroatoms. The van der Waals surface area contributed by atoms with Crippen molar-refractivity contribution in [1.29, 1.82) is 0 Å². The van der Waals surface area contributed by atoms with Crippen LogP contribution in [-0.2, 0) is 6.42 Å². The number of carbonyl (C=O) groups is 1. The van der Waals surface area contributed by atoms with E-state index in [2.05, 4.69) is 5.32 Å². The number of hydrogen-bond acceptors (Lipinski definition) is 4. The van der Waals surface area contributed by atoms with E-state index in [9.17, 15) is 15.0 Å². The van der Waals surface area contributed by atoms with E-state index in [1.54, 1.807) is 12.1 Å². The van der Waals surface area contributed by atoms with Gasteiger partial charge in [-0.15, -0.1) is 0 Å². The van der Waals surface area contributed by atoms with E-state index in [0.29, 0.717) is 23.3 Å². The summed E-state index contributed by atoms with van der Waals surface area (Å²) in [4.78, 5) is 12.1. The molecule has 2 aliphatic rings. The van der Waals surface area contributed by atoms with Gasteiger partial charge in [0.1, 0.15) is 5.75 Å². The van der Waals surface area contributed by atoms with Crippen molar-refractivity contribution in [2.75, 3.05) is 7.11 Å². The fourth-order valence-electron chi connectivity index (χ4n) is 3.35. The van der Waals surface area contributed by atoms with E-state index in [1.807, 2.05) is 6.07 Å². The van der Waals surface area contributed by atoms with Crippen molar-refractivity contribution < 1.29 is 19.7 Å². The molecule has 1 heterocycles. The number of benzene rings is 2. The van der Waals surface area contributed by atoms with Crippen molar-refractivity contribution in [1.82, 2.24) is 5.32 Å². The minimum atomic E-state index is -0.189. The highest BCUT2D eigenvalue weighted by molar-refractivity contribution is 6.04. The van der Waals surface area contributed by atoms with Gasteiger partial charge in [0.25, 0.3) is 5.91 Å². The van der Waals surface area contributed by atoms with Gasteiger partial charge in [-0.1, -0.05) is 6.07 Å². The monoisotopic (exact) mass is 283 g/mol. The van der Waals surface area contributed by atoms with Crippen LogP contribution in [0.5, 0.6) is 17.2 Å². The molecular weight excluding hydrogens is 270 g/mol. The molecule has 0 unspecified atom stereocenters. The van der Waals surface area contributed by atoms with Gasteiger partial charge in [-0.2, -0.15) is 0 Å². The van der Waals surface area contributed by atoms with Gasteiger partial charge in [0, 0.05) is 11.1 Å². The summed E-state index contributed by atoms with van der Waals surface area (Å²) in [5, 5.41) is 22.8. The number of phenols is 2. The largest absolute Gasteiger partial charge is 0.508 e. The topological polar surface area (TPSA) is 78.8 Å². The van der Waals surface area contributed by atoms with E-state index in [-0.39, 0.29) is 23.4 Å². The van der Waals surface area contributed by atoms with Gasteiger partial charge >= 0.3 is 0 Å². The molecule has 2 aromatic rings. The van der Waals surface area contributed by atoms with Gasteiger partial charge in [-0.25, -0.2) is 0 Å². The molecule has 0 saturated carbocycles. The Hall–Kier alpha value is -2.69. The maximum absolute atomic E-state index is 12.1. The number of methoxy groups -OCH3 is 1. The van der Waals surface area contributed by atoms with Gasteiger partial charge in [0.2, 0.25) is 0 Å². The summed E-state index contributed by atoms with van der Waals surface area (Å²) in [5.41, 5.74) is 3.80. The number of carbonyl (C=O) groups excluding carboxylic acids is 1. The molecule has 1 amide bonds. The van der Waals surface area contributed by atoms with E-state index in [1.165, 1.54) is 13.2 Å². The van der Waals surface area contributed by atoms with Crippen LogP contribution in [0.25, 0.3) is 11.1 Å². The molecule has 0 spiro atoms. The minimum absolute atomic E-state index is 0.0711. The first kappa shape index (κ1) is 12.1. The van der Waals surface area contributed by atoms with Crippen molar-refractivity contribution in [3.8, 4) is 28.4 Å². The summed E-state index contributed by atoms with van der Waals surface area (Å²) in [6, 6.07) is 6.43. The lowest BCUT2D eigenvalue weighted by molar-refractivity contribution is 0.0956. The summed E-state index contributed by atoms with van der Waals surface area (Å²) in [6.07, 6.45) is 0.662. The SMILES string of the molecule is COc1c(O)cc2c3c1-c1cc(O)ccc1C[C@@H]3NC2=O. The number of amides is 1. The Morgan fingerprint density at radius 2 is 2.05 bits per heavy atom. The highest BCUT2D eigenvalue weighted by Crippen LogP contribution is 2.51. The van der Waals surface area contributed by atoms with E-state index >= 15 is 0 Å². The maximum Gasteiger partial charge on any atom is 0.252 e. The van der Waals surface area contributed by atoms with Crippen molar-refractivity contribution in [2.45, 2.75) is 12.5 Å². The number of fused-ring (bicyclic) bond motifs is 2. The molecule has 1 aliphatic carbocycles. The van der Waals surface area contributed by atoms with Crippen molar-refractivity contribution in [2.24, 2.45) is 0 Å². The maximum atomic E-state index is 12.1. The summed E-state index contributed by atoms with van der Waals surface area (Å²) in [5.74, 6) is 0.218. The summed E-state index contributed by atoms with van der Waals surface area (Å²) in [6.45, 7) is 0. The molecule has 5 nitrogen and oxygen atoms in total. The second-order valence-electron chi connectivity index (χ2n) is 5.34. The van der Waals surface area contributed by atoms with Crippen LogP contribution < -0.4 is 10.1 Å². The van der Waals surface area contributed by atoms with Crippen LogP contribution >= 0.6 is 0 Å². The predicted molar refractivity (Wildman–Crippen MR) is 75.7 cm³/mol. The van der Waals surface area contributed by atoms with Crippen molar-refractivity contribution >= 4 is 5.91 Å². The fourth-order valence-corrected chi connectivity index (χ4v) is 3.35. The highest BCUT2D eigenvalue weighted by atomic mass is 16.5. The number of ether oxygens (including phenoxy) is 1. The molecular formula is C16H13NO4. The Labute approximate surface area is 120 Å². The molecule has 0 aromatic heterocycles. The van der Waals surface area contributed by atoms with Crippen LogP contribution in [0.2, 0.25) is 0 Å². The van der Waals surface area contributed by atoms with Gasteiger partial charge in [-0.05, 0) is 41.3 Å². The highest BCUT2D eigenvalue weighted by Gasteiger charge is 2.38. The van der Waals surface area contributed by atoms with Crippen LogP contribution in [0.15, 0.2) is 24.3 Å². The van der Waals surface area contributed by atoms with Crippen molar-refractivity contribution in [3.05, 3.63) is 41.0 Å². The Balaban J connectivity index is 2.13. The fraction of sp³-hybridized carbons (Fsp3) is 0.188. The molecule has 1 aliphatic heterocycles.